The van der Waals surface area contributed by atoms with E-state index in [0.717, 1.165) is 25.1 Å². The van der Waals surface area contributed by atoms with Crippen LogP contribution in [0, 0.1) is 11.3 Å². The molecule has 0 aliphatic heterocycles. The number of aryl methyl sites for hydroxylation is 1. The molecule has 1 aromatic heterocycles. The molecular formula is C14H27N3O. The molecule has 1 rings (SSSR count). The minimum Gasteiger partial charge on any atom is -0.339 e. The topological polar surface area (TPSA) is 64.9 Å². The maximum absolute atomic E-state index is 5.82. The molecule has 0 aliphatic carbocycles. The Bertz CT molecular complexity index is 352. The van der Waals surface area contributed by atoms with E-state index in [0.29, 0.717) is 18.4 Å². The number of nitrogens with two attached hydrogens (primary N) is 1. The normalized spacial score (nSPS) is 14.2. The first-order chi connectivity index (χ1) is 8.31. The van der Waals surface area contributed by atoms with Crippen LogP contribution in [0.1, 0.15) is 65.1 Å². The highest BCUT2D eigenvalue weighted by Gasteiger charge is 2.23. The van der Waals surface area contributed by atoms with Crippen molar-refractivity contribution in [1.82, 2.24) is 10.1 Å². The average molecular weight is 253 g/mol. The van der Waals surface area contributed by atoms with Gasteiger partial charge in [-0.3, -0.25) is 0 Å². The summed E-state index contributed by atoms with van der Waals surface area (Å²) in [5.74, 6) is 2.34. The lowest BCUT2D eigenvalue weighted by Crippen LogP contribution is -2.19. The molecule has 1 unspecified atom stereocenters. The predicted molar refractivity (Wildman–Crippen MR) is 73.3 cm³/mol. The van der Waals surface area contributed by atoms with Gasteiger partial charge in [0.2, 0.25) is 5.89 Å². The molecule has 0 aromatic carbocycles. The lowest BCUT2D eigenvalue weighted by molar-refractivity contribution is 0.286. The highest BCUT2D eigenvalue weighted by atomic mass is 16.5. The van der Waals surface area contributed by atoms with Crippen LogP contribution in [0.4, 0.5) is 0 Å². The van der Waals surface area contributed by atoms with Crippen molar-refractivity contribution in [2.75, 3.05) is 6.54 Å². The molecule has 1 atom stereocenters. The summed E-state index contributed by atoms with van der Waals surface area (Å²) in [6, 6.07) is 0. The quantitative estimate of drug-likeness (QED) is 0.846. The number of rotatable bonds is 6. The molecule has 4 heteroatoms. The van der Waals surface area contributed by atoms with Gasteiger partial charge in [-0.15, -0.1) is 0 Å². The Morgan fingerprint density at radius 3 is 2.44 bits per heavy atom. The zero-order valence-electron chi connectivity index (χ0n) is 12.4. The second kappa shape index (κ2) is 6.32. The maximum atomic E-state index is 5.82. The fourth-order valence-corrected chi connectivity index (χ4v) is 1.96. The third-order valence-electron chi connectivity index (χ3n) is 2.92. The summed E-state index contributed by atoms with van der Waals surface area (Å²) in [5, 5.41) is 4.05. The van der Waals surface area contributed by atoms with Gasteiger partial charge in [-0.1, -0.05) is 39.8 Å². The SMILES string of the molecule is CC(C)CCc1noc(C(CN)CC(C)(C)C)n1. The van der Waals surface area contributed by atoms with Crippen molar-refractivity contribution in [3.63, 3.8) is 0 Å². The third-order valence-corrected chi connectivity index (χ3v) is 2.92. The van der Waals surface area contributed by atoms with E-state index >= 15 is 0 Å². The van der Waals surface area contributed by atoms with Crippen molar-refractivity contribution >= 4 is 0 Å². The molecule has 4 nitrogen and oxygen atoms in total. The summed E-state index contributed by atoms with van der Waals surface area (Å²) in [7, 11) is 0. The molecular weight excluding hydrogens is 226 g/mol. The molecule has 0 amide bonds. The fourth-order valence-electron chi connectivity index (χ4n) is 1.96. The molecule has 0 spiro atoms. The van der Waals surface area contributed by atoms with Gasteiger partial charge in [-0.2, -0.15) is 4.98 Å². The molecule has 0 bridgehead atoms. The monoisotopic (exact) mass is 253 g/mol. The van der Waals surface area contributed by atoms with Gasteiger partial charge in [0, 0.05) is 13.0 Å². The van der Waals surface area contributed by atoms with Crippen LogP contribution in [0.2, 0.25) is 0 Å². The number of hydrogen-bond donors (Lipinski definition) is 1. The number of hydrogen-bond acceptors (Lipinski definition) is 4. The lowest BCUT2D eigenvalue weighted by Gasteiger charge is -2.22. The zero-order chi connectivity index (χ0) is 13.8. The van der Waals surface area contributed by atoms with Crippen LogP contribution in [-0.4, -0.2) is 16.7 Å². The number of nitrogens with zero attached hydrogens (tertiary/aromatic N) is 2. The summed E-state index contributed by atoms with van der Waals surface area (Å²) in [4.78, 5) is 4.48. The largest absolute Gasteiger partial charge is 0.339 e. The van der Waals surface area contributed by atoms with Gasteiger partial charge in [0.05, 0.1) is 5.92 Å². The van der Waals surface area contributed by atoms with Crippen molar-refractivity contribution in [3.8, 4) is 0 Å². The Morgan fingerprint density at radius 2 is 1.94 bits per heavy atom. The first-order valence-corrected chi connectivity index (χ1v) is 6.84. The van der Waals surface area contributed by atoms with Gasteiger partial charge in [0.25, 0.3) is 0 Å². The summed E-state index contributed by atoms with van der Waals surface area (Å²) in [6.07, 6.45) is 2.94. The smallest absolute Gasteiger partial charge is 0.231 e. The van der Waals surface area contributed by atoms with E-state index < -0.39 is 0 Å². The summed E-state index contributed by atoms with van der Waals surface area (Å²) in [6.45, 7) is 11.6. The maximum Gasteiger partial charge on any atom is 0.231 e. The van der Waals surface area contributed by atoms with Crippen molar-refractivity contribution in [3.05, 3.63) is 11.7 Å². The Kier molecular flexibility index (Phi) is 5.32. The first-order valence-electron chi connectivity index (χ1n) is 6.84. The average Bonchev–Trinajstić information content (AvgIpc) is 2.70. The Hall–Kier alpha value is -0.900. The van der Waals surface area contributed by atoms with E-state index in [1.807, 2.05) is 0 Å². The lowest BCUT2D eigenvalue weighted by atomic mass is 9.84. The predicted octanol–water partition coefficient (Wildman–Crippen LogP) is 3.14. The zero-order valence-corrected chi connectivity index (χ0v) is 12.4. The summed E-state index contributed by atoms with van der Waals surface area (Å²) < 4.78 is 5.35. The van der Waals surface area contributed by atoms with Gasteiger partial charge in [-0.05, 0) is 24.2 Å². The van der Waals surface area contributed by atoms with Crippen LogP contribution in [0.15, 0.2) is 4.52 Å². The van der Waals surface area contributed by atoms with E-state index in [9.17, 15) is 0 Å². The van der Waals surface area contributed by atoms with E-state index in [4.69, 9.17) is 10.3 Å². The van der Waals surface area contributed by atoms with Crippen LogP contribution in [0.3, 0.4) is 0 Å². The van der Waals surface area contributed by atoms with Gasteiger partial charge >= 0.3 is 0 Å². The van der Waals surface area contributed by atoms with Crippen molar-refractivity contribution in [2.24, 2.45) is 17.1 Å². The standard InChI is InChI=1S/C14H27N3O/c1-10(2)6-7-12-16-13(18-17-12)11(9-15)8-14(3,4)5/h10-11H,6-9,15H2,1-5H3. The molecule has 0 radical (unpaired) electrons. The Morgan fingerprint density at radius 1 is 1.28 bits per heavy atom. The van der Waals surface area contributed by atoms with E-state index in [2.05, 4.69) is 44.8 Å². The molecule has 0 saturated heterocycles. The summed E-state index contributed by atoms with van der Waals surface area (Å²) in [5.41, 5.74) is 6.03. The van der Waals surface area contributed by atoms with Crippen molar-refractivity contribution in [2.45, 2.75) is 59.8 Å². The molecule has 0 saturated carbocycles. The van der Waals surface area contributed by atoms with E-state index in [-0.39, 0.29) is 11.3 Å². The molecule has 1 heterocycles. The van der Waals surface area contributed by atoms with Crippen LogP contribution in [0.5, 0.6) is 0 Å². The minimum atomic E-state index is 0.172. The molecule has 1 aromatic rings. The van der Waals surface area contributed by atoms with Gasteiger partial charge in [-0.25, -0.2) is 0 Å². The van der Waals surface area contributed by atoms with Gasteiger partial charge < -0.3 is 10.3 Å². The second-order valence-electron chi connectivity index (χ2n) is 6.68. The second-order valence-corrected chi connectivity index (χ2v) is 6.68. The highest BCUT2D eigenvalue weighted by Crippen LogP contribution is 2.29. The molecule has 18 heavy (non-hydrogen) atoms. The van der Waals surface area contributed by atoms with Crippen LogP contribution in [0.25, 0.3) is 0 Å². The molecule has 104 valence electrons. The molecule has 0 aliphatic rings. The van der Waals surface area contributed by atoms with Gasteiger partial charge in [0.15, 0.2) is 5.82 Å². The van der Waals surface area contributed by atoms with Crippen molar-refractivity contribution < 1.29 is 4.52 Å². The molecule has 0 fully saturated rings. The molecule has 2 N–H and O–H groups in total. The number of aromatic nitrogens is 2. The van der Waals surface area contributed by atoms with Gasteiger partial charge in [0.1, 0.15) is 0 Å². The Labute approximate surface area is 110 Å². The first kappa shape index (κ1) is 15.2. The Balaban J connectivity index is 2.64. The van der Waals surface area contributed by atoms with E-state index in [1.165, 1.54) is 0 Å². The minimum absolute atomic E-state index is 0.172. The van der Waals surface area contributed by atoms with Crippen molar-refractivity contribution in [1.29, 1.82) is 0 Å². The van der Waals surface area contributed by atoms with Crippen LogP contribution in [-0.2, 0) is 6.42 Å². The fraction of sp³-hybridized carbons (Fsp3) is 0.857. The van der Waals surface area contributed by atoms with Crippen LogP contribution < -0.4 is 5.73 Å². The van der Waals surface area contributed by atoms with E-state index in [1.54, 1.807) is 0 Å². The van der Waals surface area contributed by atoms with Crippen LogP contribution >= 0.6 is 0 Å². The summed E-state index contributed by atoms with van der Waals surface area (Å²) >= 11 is 0. The highest BCUT2D eigenvalue weighted by molar-refractivity contribution is 4.96. The third kappa shape index (κ3) is 5.17.